The highest BCUT2D eigenvalue weighted by Gasteiger charge is 2.24. The van der Waals surface area contributed by atoms with Crippen molar-refractivity contribution in [2.24, 2.45) is 5.92 Å². The average Bonchev–Trinajstić information content (AvgIpc) is 3.18. The highest BCUT2D eigenvalue weighted by Crippen LogP contribution is 2.38. The van der Waals surface area contributed by atoms with Crippen molar-refractivity contribution in [2.75, 3.05) is 11.9 Å². The fraction of sp³-hybridized carbons (Fsp3) is 0.407. The molecule has 1 aliphatic carbocycles. The molecule has 1 aromatic carbocycles. The van der Waals surface area contributed by atoms with Gasteiger partial charge in [0.25, 0.3) is 0 Å². The number of fused-ring (bicyclic) bond motifs is 4. The Kier molecular flexibility index (Phi) is 5.20. The smallest absolute Gasteiger partial charge is 0.230 e. The topological polar surface area (TPSA) is 75.9 Å². The van der Waals surface area contributed by atoms with Crippen molar-refractivity contribution in [1.29, 1.82) is 0 Å². The van der Waals surface area contributed by atoms with Crippen molar-refractivity contribution in [3.05, 3.63) is 53.9 Å². The van der Waals surface area contributed by atoms with Gasteiger partial charge in [-0.15, -0.1) is 0 Å². The van der Waals surface area contributed by atoms with Crippen LogP contribution in [0.4, 0.5) is 11.8 Å². The lowest BCUT2D eigenvalue weighted by atomic mass is 9.87. The van der Waals surface area contributed by atoms with E-state index in [4.69, 9.17) is 9.97 Å². The minimum absolute atomic E-state index is 0.109. The van der Waals surface area contributed by atoms with Gasteiger partial charge in [-0.1, -0.05) is 31.2 Å². The van der Waals surface area contributed by atoms with Crippen LogP contribution in [-0.2, 0) is 17.8 Å². The molecule has 0 bridgehead atoms. The minimum Gasteiger partial charge on any atom is -0.338 e. The van der Waals surface area contributed by atoms with Crippen molar-refractivity contribution >= 4 is 39.6 Å². The van der Waals surface area contributed by atoms with Crippen LogP contribution < -0.4 is 5.32 Å². The summed E-state index contributed by atoms with van der Waals surface area (Å²) in [7, 11) is 0. The molecule has 6 rings (SSSR count). The van der Waals surface area contributed by atoms with Crippen LogP contribution in [0.5, 0.6) is 0 Å². The van der Waals surface area contributed by atoms with E-state index in [9.17, 15) is 4.79 Å². The molecule has 1 saturated carbocycles. The molecule has 1 fully saturated rings. The molecular weight excluding hydrogens is 424 g/mol. The molecule has 174 valence electrons. The zero-order valence-corrected chi connectivity index (χ0v) is 19.8. The minimum atomic E-state index is 0.109. The van der Waals surface area contributed by atoms with E-state index in [-0.39, 0.29) is 5.91 Å². The molecule has 0 unspecified atom stereocenters. The second-order valence-electron chi connectivity index (χ2n) is 9.85. The Morgan fingerprint density at radius 3 is 2.68 bits per heavy atom. The molecular formula is C27H30N6O. The third-order valence-corrected chi connectivity index (χ3v) is 7.53. The van der Waals surface area contributed by atoms with E-state index >= 15 is 0 Å². The fourth-order valence-corrected chi connectivity index (χ4v) is 5.57. The normalized spacial score (nSPS) is 20.5. The van der Waals surface area contributed by atoms with E-state index in [1.165, 1.54) is 36.6 Å². The Morgan fingerprint density at radius 1 is 1.03 bits per heavy atom. The zero-order valence-electron chi connectivity index (χ0n) is 19.8. The molecule has 0 spiro atoms. The number of nitrogens with zero attached hydrogens (tertiary/aromatic N) is 5. The first-order chi connectivity index (χ1) is 16.6. The van der Waals surface area contributed by atoms with E-state index in [0.29, 0.717) is 25.1 Å². The maximum atomic E-state index is 11.7. The number of anilines is 2. The number of nitrogens with one attached hydrogen (secondary N) is 1. The molecule has 1 aliphatic heterocycles. The Balaban J connectivity index is 1.35. The van der Waals surface area contributed by atoms with Crippen LogP contribution in [0.15, 0.2) is 42.6 Å². The van der Waals surface area contributed by atoms with E-state index in [1.54, 1.807) is 6.92 Å². The third kappa shape index (κ3) is 3.69. The van der Waals surface area contributed by atoms with Gasteiger partial charge < -0.3 is 14.8 Å². The van der Waals surface area contributed by atoms with E-state index in [1.807, 2.05) is 17.2 Å². The highest BCUT2D eigenvalue weighted by atomic mass is 16.2. The molecule has 7 heteroatoms. The van der Waals surface area contributed by atoms with Crippen LogP contribution in [0.25, 0.3) is 21.9 Å². The number of aromatic nitrogens is 4. The SMILES string of the molecule is CC(=O)N1CCc2nc(Nc3ncc4c5ccccc5n([C@H]5CC[C@H](C)CC5)c4n3)ccc2C1. The van der Waals surface area contributed by atoms with Crippen molar-refractivity contribution in [3.63, 3.8) is 0 Å². The Bertz CT molecular complexity index is 1380. The lowest BCUT2D eigenvalue weighted by molar-refractivity contribution is -0.129. The number of para-hydroxylation sites is 1. The molecule has 0 atom stereocenters. The summed E-state index contributed by atoms with van der Waals surface area (Å²) in [5.41, 5.74) is 4.38. The molecule has 1 N–H and O–H groups in total. The van der Waals surface area contributed by atoms with Gasteiger partial charge in [0.05, 0.1) is 5.52 Å². The van der Waals surface area contributed by atoms with Gasteiger partial charge in [0.2, 0.25) is 11.9 Å². The monoisotopic (exact) mass is 454 g/mol. The van der Waals surface area contributed by atoms with Crippen molar-refractivity contribution in [1.82, 2.24) is 24.4 Å². The molecule has 0 saturated heterocycles. The van der Waals surface area contributed by atoms with E-state index in [0.717, 1.165) is 40.4 Å². The second-order valence-corrected chi connectivity index (χ2v) is 9.85. The summed E-state index contributed by atoms with van der Waals surface area (Å²) in [6, 6.07) is 13.0. The van der Waals surface area contributed by atoms with Crippen LogP contribution in [0.1, 0.15) is 56.8 Å². The first-order valence-electron chi connectivity index (χ1n) is 12.3. The molecule has 7 nitrogen and oxygen atoms in total. The predicted molar refractivity (Wildman–Crippen MR) is 134 cm³/mol. The largest absolute Gasteiger partial charge is 0.338 e. The lowest BCUT2D eigenvalue weighted by Crippen LogP contribution is -2.34. The highest BCUT2D eigenvalue weighted by molar-refractivity contribution is 6.06. The predicted octanol–water partition coefficient (Wildman–Crippen LogP) is 5.38. The van der Waals surface area contributed by atoms with Gasteiger partial charge in [-0.3, -0.25) is 4.79 Å². The Labute approximate surface area is 199 Å². The van der Waals surface area contributed by atoms with Crippen molar-refractivity contribution < 1.29 is 4.79 Å². The van der Waals surface area contributed by atoms with Crippen LogP contribution in [0.2, 0.25) is 0 Å². The maximum absolute atomic E-state index is 11.7. The average molecular weight is 455 g/mol. The van der Waals surface area contributed by atoms with Gasteiger partial charge in [-0.05, 0) is 49.3 Å². The summed E-state index contributed by atoms with van der Waals surface area (Å²) >= 11 is 0. The summed E-state index contributed by atoms with van der Waals surface area (Å²) < 4.78 is 2.44. The number of pyridine rings is 1. The number of benzene rings is 1. The summed E-state index contributed by atoms with van der Waals surface area (Å²) in [5, 5.41) is 5.65. The van der Waals surface area contributed by atoms with Gasteiger partial charge in [0.15, 0.2) is 0 Å². The van der Waals surface area contributed by atoms with Crippen LogP contribution in [-0.4, -0.2) is 36.9 Å². The number of carbonyl (C=O) groups excluding carboxylic acids is 1. The maximum Gasteiger partial charge on any atom is 0.230 e. The van der Waals surface area contributed by atoms with E-state index in [2.05, 4.69) is 52.1 Å². The molecule has 4 aromatic rings. The molecule has 34 heavy (non-hydrogen) atoms. The van der Waals surface area contributed by atoms with Crippen LogP contribution in [0, 0.1) is 5.92 Å². The number of amides is 1. The van der Waals surface area contributed by atoms with Gasteiger partial charge in [0.1, 0.15) is 11.5 Å². The zero-order chi connectivity index (χ0) is 23.2. The summed E-state index contributed by atoms with van der Waals surface area (Å²) in [6.07, 6.45) is 7.59. The quantitative estimate of drug-likeness (QED) is 0.450. The number of hydrogen-bond donors (Lipinski definition) is 1. The molecule has 3 aromatic heterocycles. The molecule has 0 radical (unpaired) electrons. The first-order valence-corrected chi connectivity index (χ1v) is 12.3. The standard InChI is InChI=1S/C27H30N6O/c1-17-7-10-20(11-8-17)33-24-6-4-3-5-21(24)22-15-28-27(31-26(22)33)30-25-12-9-19-16-32(18(2)34)14-13-23(19)29-25/h3-6,9,12,15,17,20H,7-8,10-11,13-14,16H2,1-2H3,(H,28,29,30,31)/t17-,20-. The summed E-state index contributed by atoms with van der Waals surface area (Å²) in [6.45, 7) is 5.31. The van der Waals surface area contributed by atoms with Crippen molar-refractivity contribution in [3.8, 4) is 0 Å². The Morgan fingerprint density at radius 2 is 1.85 bits per heavy atom. The number of hydrogen-bond acceptors (Lipinski definition) is 5. The van der Waals surface area contributed by atoms with Gasteiger partial charge in [-0.25, -0.2) is 9.97 Å². The fourth-order valence-electron chi connectivity index (χ4n) is 5.57. The Hall–Kier alpha value is -3.48. The van der Waals surface area contributed by atoms with Gasteiger partial charge in [0, 0.05) is 55.1 Å². The van der Waals surface area contributed by atoms with E-state index < -0.39 is 0 Å². The van der Waals surface area contributed by atoms with Crippen molar-refractivity contribution in [2.45, 2.75) is 58.5 Å². The summed E-state index contributed by atoms with van der Waals surface area (Å²) in [5.74, 6) is 2.21. The van der Waals surface area contributed by atoms with Crippen LogP contribution >= 0.6 is 0 Å². The summed E-state index contributed by atoms with van der Waals surface area (Å²) in [4.78, 5) is 28.0. The van der Waals surface area contributed by atoms with Gasteiger partial charge >= 0.3 is 0 Å². The molecule has 4 heterocycles. The molecule has 1 amide bonds. The number of carbonyl (C=O) groups is 1. The second kappa shape index (κ2) is 8.38. The third-order valence-electron chi connectivity index (χ3n) is 7.53. The lowest BCUT2D eigenvalue weighted by Gasteiger charge is -2.28. The molecule has 2 aliphatic rings. The number of rotatable bonds is 3. The van der Waals surface area contributed by atoms with Crippen LogP contribution in [0.3, 0.4) is 0 Å². The first kappa shape index (κ1) is 21.1. The van der Waals surface area contributed by atoms with Gasteiger partial charge in [-0.2, -0.15) is 4.98 Å².